The van der Waals surface area contributed by atoms with Crippen LogP contribution in [-0.4, -0.2) is 29.5 Å². The predicted octanol–water partition coefficient (Wildman–Crippen LogP) is 4.68. The number of hydrogen-bond acceptors (Lipinski definition) is 4. The van der Waals surface area contributed by atoms with E-state index < -0.39 is 6.61 Å². The van der Waals surface area contributed by atoms with Gasteiger partial charge in [0.25, 0.3) is 5.91 Å². The highest BCUT2D eigenvalue weighted by Crippen LogP contribution is 2.23. The van der Waals surface area contributed by atoms with Crippen LogP contribution >= 0.6 is 11.6 Å². The monoisotopic (exact) mass is 389 g/mol. The van der Waals surface area contributed by atoms with Crippen LogP contribution in [0.15, 0.2) is 60.9 Å². The Hall–Kier alpha value is -3.06. The average Bonchev–Trinajstić information content (AvgIpc) is 2.68. The summed E-state index contributed by atoms with van der Waals surface area (Å²) in [6, 6.07) is 12.8. The minimum Gasteiger partial charge on any atom is -0.435 e. The lowest BCUT2D eigenvalue weighted by Gasteiger charge is -2.17. The van der Waals surface area contributed by atoms with Crippen molar-refractivity contribution in [3.05, 3.63) is 71.6 Å². The Balaban J connectivity index is 1.82. The number of alkyl halides is 2. The highest BCUT2D eigenvalue weighted by Gasteiger charge is 2.16. The first-order valence-corrected chi connectivity index (χ1v) is 8.23. The van der Waals surface area contributed by atoms with Crippen molar-refractivity contribution in [2.75, 3.05) is 11.9 Å². The summed E-state index contributed by atoms with van der Waals surface area (Å²) >= 11 is 5.86. The molecule has 8 heteroatoms. The van der Waals surface area contributed by atoms with E-state index >= 15 is 0 Å². The number of rotatable bonds is 5. The van der Waals surface area contributed by atoms with Crippen LogP contribution in [0.25, 0.3) is 11.3 Å². The first-order valence-electron chi connectivity index (χ1n) is 7.85. The summed E-state index contributed by atoms with van der Waals surface area (Å²) in [6.07, 6.45) is 2.86. The van der Waals surface area contributed by atoms with E-state index in [1.807, 2.05) is 0 Å². The van der Waals surface area contributed by atoms with E-state index in [0.717, 1.165) is 0 Å². The molecule has 1 aromatic heterocycles. The van der Waals surface area contributed by atoms with E-state index in [4.69, 9.17) is 11.6 Å². The molecule has 0 radical (unpaired) electrons. The van der Waals surface area contributed by atoms with Gasteiger partial charge in [-0.1, -0.05) is 11.6 Å². The summed E-state index contributed by atoms with van der Waals surface area (Å²) in [5.74, 6) is -0.305. The zero-order chi connectivity index (χ0) is 19.4. The van der Waals surface area contributed by atoms with Crippen LogP contribution in [-0.2, 0) is 0 Å². The van der Waals surface area contributed by atoms with Gasteiger partial charge in [0.15, 0.2) is 0 Å². The van der Waals surface area contributed by atoms with E-state index in [1.165, 1.54) is 29.4 Å². The summed E-state index contributed by atoms with van der Waals surface area (Å²) in [6.45, 7) is -2.89. The van der Waals surface area contributed by atoms with Crippen LogP contribution in [0.3, 0.4) is 0 Å². The normalized spacial score (nSPS) is 10.7. The second-order valence-corrected chi connectivity index (χ2v) is 5.97. The summed E-state index contributed by atoms with van der Waals surface area (Å²) in [5.41, 5.74) is 1.87. The van der Waals surface area contributed by atoms with E-state index in [1.54, 1.807) is 43.4 Å². The molecule has 27 heavy (non-hydrogen) atoms. The molecule has 0 saturated heterocycles. The lowest BCUT2D eigenvalue weighted by molar-refractivity contribution is -0.0498. The largest absolute Gasteiger partial charge is 0.435 e. The van der Waals surface area contributed by atoms with Gasteiger partial charge >= 0.3 is 6.61 Å². The van der Waals surface area contributed by atoms with E-state index in [-0.39, 0.29) is 17.4 Å². The standard InChI is InChI=1S/C19H14ClF2N3O2/c1-25(14-6-4-13(20)5-7-14)18(26)17-11-23-10-16(24-17)12-2-8-15(9-3-12)27-19(21)22/h2-11,19H,1H3. The molecule has 0 unspecified atom stereocenters. The third-order valence-electron chi connectivity index (χ3n) is 3.75. The zero-order valence-corrected chi connectivity index (χ0v) is 14.9. The molecule has 2 aromatic carbocycles. The smallest absolute Gasteiger partial charge is 0.387 e. The number of hydrogen-bond donors (Lipinski definition) is 0. The Morgan fingerprint density at radius 3 is 2.37 bits per heavy atom. The topological polar surface area (TPSA) is 55.3 Å². The molecular formula is C19H14ClF2N3O2. The van der Waals surface area contributed by atoms with Crippen molar-refractivity contribution in [3.63, 3.8) is 0 Å². The van der Waals surface area contributed by atoms with Gasteiger partial charge < -0.3 is 9.64 Å². The van der Waals surface area contributed by atoms with Crippen molar-refractivity contribution < 1.29 is 18.3 Å². The van der Waals surface area contributed by atoms with Crippen molar-refractivity contribution in [3.8, 4) is 17.0 Å². The molecule has 0 bridgehead atoms. The van der Waals surface area contributed by atoms with Gasteiger partial charge in [-0.15, -0.1) is 0 Å². The van der Waals surface area contributed by atoms with Gasteiger partial charge in [0.2, 0.25) is 0 Å². The number of halogens is 3. The van der Waals surface area contributed by atoms with Crippen molar-refractivity contribution in [1.29, 1.82) is 0 Å². The van der Waals surface area contributed by atoms with Crippen molar-refractivity contribution in [2.24, 2.45) is 0 Å². The van der Waals surface area contributed by atoms with Gasteiger partial charge in [0, 0.05) is 23.3 Å². The molecule has 0 aliphatic carbocycles. The minimum atomic E-state index is -2.89. The van der Waals surface area contributed by atoms with Crippen molar-refractivity contribution in [1.82, 2.24) is 9.97 Å². The predicted molar refractivity (Wildman–Crippen MR) is 98.3 cm³/mol. The highest BCUT2D eigenvalue weighted by molar-refractivity contribution is 6.30. The van der Waals surface area contributed by atoms with E-state index in [0.29, 0.717) is 22.0 Å². The molecule has 1 amide bonds. The molecule has 0 spiro atoms. The zero-order valence-electron chi connectivity index (χ0n) is 14.1. The quantitative estimate of drug-likeness (QED) is 0.636. The number of aromatic nitrogens is 2. The van der Waals surface area contributed by atoms with Crippen molar-refractivity contribution >= 4 is 23.2 Å². The Bertz CT molecular complexity index is 934. The number of carbonyl (C=O) groups excluding carboxylic acids is 1. The first-order chi connectivity index (χ1) is 12.9. The minimum absolute atomic E-state index is 0.0383. The van der Waals surface area contributed by atoms with Gasteiger partial charge in [0.05, 0.1) is 18.1 Å². The lowest BCUT2D eigenvalue weighted by atomic mass is 10.1. The molecule has 138 valence electrons. The SMILES string of the molecule is CN(C(=O)c1cncc(-c2ccc(OC(F)F)cc2)n1)c1ccc(Cl)cc1. The molecule has 0 aliphatic heterocycles. The summed E-state index contributed by atoms with van der Waals surface area (Å²) in [7, 11) is 1.62. The Morgan fingerprint density at radius 2 is 1.74 bits per heavy atom. The van der Waals surface area contributed by atoms with Crippen LogP contribution in [0.2, 0.25) is 5.02 Å². The fourth-order valence-electron chi connectivity index (χ4n) is 2.37. The third-order valence-corrected chi connectivity index (χ3v) is 4.00. The van der Waals surface area contributed by atoms with Crippen LogP contribution in [0.5, 0.6) is 5.75 Å². The lowest BCUT2D eigenvalue weighted by Crippen LogP contribution is -2.27. The molecular weight excluding hydrogens is 376 g/mol. The summed E-state index contributed by atoms with van der Waals surface area (Å²) in [4.78, 5) is 22.5. The summed E-state index contributed by atoms with van der Waals surface area (Å²) in [5, 5.41) is 0.570. The number of anilines is 1. The fraction of sp³-hybridized carbons (Fsp3) is 0.105. The maximum atomic E-state index is 12.7. The molecule has 0 atom stereocenters. The van der Waals surface area contributed by atoms with Crippen LogP contribution < -0.4 is 9.64 Å². The van der Waals surface area contributed by atoms with Gasteiger partial charge in [0.1, 0.15) is 11.4 Å². The molecule has 3 rings (SSSR count). The maximum Gasteiger partial charge on any atom is 0.387 e. The van der Waals surface area contributed by atoms with Gasteiger partial charge in [-0.25, -0.2) is 4.98 Å². The Kier molecular flexibility index (Phi) is 5.61. The summed E-state index contributed by atoms with van der Waals surface area (Å²) < 4.78 is 28.8. The number of amides is 1. The third kappa shape index (κ3) is 4.57. The molecule has 0 N–H and O–H groups in total. The van der Waals surface area contributed by atoms with E-state index in [2.05, 4.69) is 14.7 Å². The van der Waals surface area contributed by atoms with Gasteiger partial charge in [-0.3, -0.25) is 9.78 Å². The van der Waals surface area contributed by atoms with Gasteiger partial charge in [-0.2, -0.15) is 8.78 Å². The molecule has 5 nitrogen and oxygen atoms in total. The molecule has 0 fully saturated rings. The van der Waals surface area contributed by atoms with Crippen LogP contribution in [0, 0.1) is 0 Å². The first kappa shape index (κ1) is 18.7. The second kappa shape index (κ2) is 8.09. The molecule has 0 saturated carbocycles. The Morgan fingerprint density at radius 1 is 1.07 bits per heavy atom. The highest BCUT2D eigenvalue weighted by atomic mass is 35.5. The number of benzene rings is 2. The number of carbonyl (C=O) groups is 1. The van der Waals surface area contributed by atoms with Gasteiger partial charge in [-0.05, 0) is 48.5 Å². The van der Waals surface area contributed by atoms with Crippen LogP contribution in [0.1, 0.15) is 10.5 Å². The molecule has 3 aromatic rings. The number of ether oxygens (including phenoxy) is 1. The van der Waals surface area contributed by atoms with Crippen molar-refractivity contribution in [2.45, 2.75) is 6.61 Å². The maximum absolute atomic E-state index is 12.7. The van der Waals surface area contributed by atoms with E-state index in [9.17, 15) is 13.6 Å². The Labute approximate surface area is 159 Å². The molecule has 0 aliphatic rings. The average molecular weight is 390 g/mol. The fourth-order valence-corrected chi connectivity index (χ4v) is 2.49. The second-order valence-electron chi connectivity index (χ2n) is 5.53. The van der Waals surface area contributed by atoms with Crippen LogP contribution in [0.4, 0.5) is 14.5 Å². The molecule has 1 heterocycles. The number of nitrogens with zero attached hydrogens (tertiary/aromatic N) is 3.